The Morgan fingerprint density at radius 1 is 1.53 bits per heavy atom. The molecule has 0 aliphatic rings. The first-order chi connectivity index (χ1) is 7.83. The van der Waals surface area contributed by atoms with Crippen LogP contribution in [0.2, 0.25) is 0 Å². The van der Waals surface area contributed by atoms with E-state index in [0.717, 1.165) is 12.1 Å². The fourth-order valence-electron chi connectivity index (χ4n) is 0.971. The molecule has 0 unspecified atom stereocenters. The molecule has 0 aliphatic carbocycles. The Hall–Kier alpha value is -2.37. The molecule has 1 rings (SSSR count). The van der Waals surface area contributed by atoms with Gasteiger partial charge in [0.15, 0.2) is 0 Å². The lowest BCUT2D eigenvalue weighted by atomic mass is 10.3. The Morgan fingerprint density at radius 3 is 2.65 bits per heavy atom. The van der Waals surface area contributed by atoms with Crippen molar-refractivity contribution >= 4 is 11.5 Å². The normalized spacial score (nSPS) is 10.7. The highest BCUT2D eigenvalue weighted by molar-refractivity contribution is 5.50. The summed E-state index contributed by atoms with van der Waals surface area (Å²) in [5, 5.41) is 20.9. The van der Waals surface area contributed by atoms with Gasteiger partial charge in [-0.25, -0.2) is 4.98 Å². The topological polar surface area (TPSA) is 91.8 Å². The van der Waals surface area contributed by atoms with Crippen molar-refractivity contribution in [2.75, 3.05) is 11.9 Å². The summed E-state index contributed by atoms with van der Waals surface area (Å²) in [5.41, 5.74) is -1.09. The average molecular weight is 246 g/mol. The Labute approximate surface area is 92.8 Å². The highest BCUT2D eigenvalue weighted by Gasteiger charge is 2.27. The van der Waals surface area contributed by atoms with Crippen molar-refractivity contribution < 1.29 is 18.1 Å². The van der Waals surface area contributed by atoms with Crippen LogP contribution in [0, 0.1) is 21.4 Å². The number of anilines is 1. The molecule has 0 fully saturated rings. The minimum atomic E-state index is -4.43. The van der Waals surface area contributed by atoms with Crippen molar-refractivity contribution in [3.8, 4) is 6.07 Å². The lowest BCUT2D eigenvalue weighted by Crippen LogP contribution is -2.21. The van der Waals surface area contributed by atoms with E-state index in [-0.39, 0.29) is 5.82 Å². The predicted octanol–water partition coefficient (Wildman–Crippen LogP) is 1.84. The fraction of sp³-hybridized carbons (Fsp3) is 0.250. The summed E-state index contributed by atoms with van der Waals surface area (Å²) in [6, 6.07) is 3.37. The minimum absolute atomic E-state index is 0.246. The van der Waals surface area contributed by atoms with Crippen molar-refractivity contribution in [2.45, 2.75) is 6.18 Å². The van der Waals surface area contributed by atoms with Crippen molar-refractivity contribution in [1.82, 2.24) is 4.98 Å². The van der Waals surface area contributed by atoms with Gasteiger partial charge in [0.05, 0.1) is 4.92 Å². The van der Waals surface area contributed by atoms with Gasteiger partial charge >= 0.3 is 11.9 Å². The molecule has 1 N–H and O–H groups in total. The molecular formula is C8H5F3N4O2. The number of nitro groups is 1. The molecule has 0 saturated heterocycles. The third kappa shape index (κ3) is 3.60. The standard InChI is InChI=1S/C8H5F3N4O2/c9-8(10,11)4-13-7-2-1-6(15(16)17)5(3-12)14-7/h1-2H,4H2,(H,13,14). The van der Waals surface area contributed by atoms with Gasteiger partial charge in [0.25, 0.3) is 0 Å². The van der Waals surface area contributed by atoms with Gasteiger partial charge in [-0.05, 0) is 6.07 Å². The number of alkyl halides is 3. The lowest BCUT2D eigenvalue weighted by Gasteiger charge is -2.08. The van der Waals surface area contributed by atoms with E-state index in [2.05, 4.69) is 4.98 Å². The summed E-state index contributed by atoms with van der Waals surface area (Å²) in [5.74, 6) is -0.246. The zero-order valence-corrected chi connectivity index (χ0v) is 8.15. The van der Waals surface area contributed by atoms with Gasteiger partial charge in [-0.2, -0.15) is 18.4 Å². The fourth-order valence-corrected chi connectivity index (χ4v) is 0.971. The lowest BCUT2D eigenvalue weighted by molar-refractivity contribution is -0.385. The number of hydrogen-bond acceptors (Lipinski definition) is 5. The van der Waals surface area contributed by atoms with Crippen molar-refractivity contribution in [3.05, 3.63) is 27.9 Å². The van der Waals surface area contributed by atoms with Crippen LogP contribution in [0.4, 0.5) is 24.7 Å². The molecule has 0 spiro atoms. The summed E-state index contributed by atoms with van der Waals surface area (Å²) in [4.78, 5) is 13.0. The minimum Gasteiger partial charge on any atom is -0.361 e. The second-order valence-corrected chi connectivity index (χ2v) is 2.90. The predicted molar refractivity (Wildman–Crippen MR) is 50.2 cm³/mol. The third-order valence-electron chi connectivity index (χ3n) is 1.65. The smallest absolute Gasteiger partial charge is 0.361 e. The van der Waals surface area contributed by atoms with E-state index in [0.29, 0.717) is 0 Å². The Kier molecular flexibility index (Phi) is 3.47. The monoisotopic (exact) mass is 246 g/mol. The van der Waals surface area contributed by atoms with Crippen molar-refractivity contribution in [1.29, 1.82) is 5.26 Å². The van der Waals surface area contributed by atoms with Gasteiger partial charge < -0.3 is 5.32 Å². The van der Waals surface area contributed by atoms with Gasteiger partial charge in [0, 0.05) is 6.07 Å². The van der Waals surface area contributed by atoms with Crippen LogP contribution in [0.15, 0.2) is 12.1 Å². The van der Waals surface area contributed by atoms with E-state index in [1.54, 1.807) is 0 Å². The SMILES string of the molecule is N#Cc1nc(NCC(F)(F)F)ccc1[N+](=O)[O-]. The molecule has 0 radical (unpaired) electrons. The first-order valence-electron chi connectivity index (χ1n) is 4.19. The van der Waals surface area contributed by atoms with E-state index >= 15 is 0 Å². The van der Waals surface area contributed by atoms with Gasteiger partial charge in [-0.3, -0.25) is 10.1 Å². The molecule has 6 nitrogen and oxygen atoms in total. The maximum atomic E-state index is 11.9. The van der Waals surface area contributed by atoms with E-state index in [1.165, 1.54) is 6.07 Å². The highest BCUT2D eigenvalue weighted by atomic mass is 19.4. The van der Waals surface area contributed by atoms with E-state index in [9.17, 15) is 23.3 Å². The molecule has 0 saturated carbocycles. The molecule has 0 atom stereocenters. The van der Waals surface area contributed by atoms with Crippen LogP contribution in [0.25, 0.3) is 0 Å². The molecule has 0 aromatic carbocycles. The second-order valence-electron chi connectivity index (χ2n) is 2.90. The summed E-state index contributed by atoms with van der Waals surface area (Å²) in [7, 11) is 0. The molecule has 0 bridgehead atoms. The van der Waals surface area contributed by atoms with Crippen molar-refractivity contribution in [2.24, 2.45) is 0 Å². The summed E-state index contributed by atoms with van der Waals surface area (Å²) < 4.78 is 35.6. The maximum absolute atomic E-state index is 11.9. The second kappa shape index (κ2) is 4.65. The number of rotatable bonds is 3. The number of hydrogen-bond donors (Lipinski definition) is 1. The Morgan fingerprint density at radius 2 is 2.18 bits per heavy atom. The largest absolute Gasteiger partial charge is 0.405 e. The molecule has 1 heterocycles. The van der Waals surface area contributed by atoms with Crippen LogP contribution < -0.4 is 5.32 Å². The van der Waals surface area contributed by atoms with Gasteiger partial charge in [0.1, 0.15) is 18.4 Å². The number of nitrogens with one attached hydrogen (secondary N) is 1. The molecule has 1 aromatic heterocycles. The summed E-state index contributed by atoms with van der Waals surface area (Å²) in [6.45, 7) is -1.33. The highest BCUT2D eigenvalue weighted by Crippen LogP contribution is 2.20. The van der Waals surface area contributed by atoms with Crippen LogP contribution in [0.5, 0.6) is 0 Å². The van der Waals surface area contributed by atoms with Gasteiger partial charge in [-0.15, -0.1) is 0 Å². The first-order valence-corrected chi connectivity index (χ1v) is 4.19. The van der Waals surface area contributed by atoms with Crippen molar-refractivity contribution in [3.63, 3.8) is 0 Å². The molecule has 1 aromatic rings. The Bertz CT molecular complexity index is 481. The first kappa shape index (κ1) is 12.7. The molecule has 9 heteroatoms. The number of nitriles is 1. The summed E-state index contributed by atoms with van der Waals surface area (Å²) in [6.07, 6.45) is -4.43. The zero-order valence-electron chi connectivity index (χ0n) is 8.15. The molecule has 0 amide bonds. The van der Waals surface area contributed by atoms with Crippen LogP contribution >= 0.6 is 0 Å². The molecular weight excluding hydrogens is 241 g/mol. The number of halogens is 3. The van der Waals surface area contributed by atoms with E-state index < -0.39 is 29.0 Å². The summed E-state index contributed by atoms with van der Waals surface area (Å²) >= 11 is 0. The molecule has 0 aliphatic heterocycles. The van der Waals surface area contributed by atoms with Crippen LogP contribution in [-0.2, 0) is 0 Å². The van der Waals surface area contributed by atoms with E-state index in [1.807, 2.05) is 5.32 Å². The maximum Gasteiger partial charge on any atom is 0.405 e. The van der Waals surface area contributed by atoms with Gasteiger partial charge in [0.2, 0.25) is 5.69 Å². The van der Waals surface area contributed by atoms with E-state index in [4.69, 9.17) is 5.26 Å². The van der Waals surface area contributed by atoms with Crippen LogP contribution in [0.1, 0.15) is 5.69 Å². The average Bonchev–Trinajstić information content (AvgIpc) is 2.24. The van der Waals surface area contributed by atoms with Gasteiger partial charge in [-0.1, -0.05) is 0 Å². The number of pyridine rings is 1. The third-order valence-corrected chi connectivity index (χ3v) is 1.65. The molecule has 17 heavy (non-hydrogen) atoms. The molecule has 90 valence electrons. The van der Waals surface area contributed by atoms with Crippen LogP contribution in [-0.4, -0.2) is 22.6 Å². The quantitative estimate of drug-likeness (QED) is 0.648. The van der Waals surface area contributed by atoms with Crippen LogP contribution in [0.3, 0.4) is 0 Å². The number of nitrogens with zero attached hydrogens (tertiary/aromatic N) is 3. The number of aromatic nitrogens is 1. The Balaban J connectivity index is 2.92. The zero-order chi connectivity index (χ0) is 13.1.